The number of carbonyl (C=O) groups is 1. The summed E-state index contributed by atoms with van der Waals surface area (Å²) in [6, 6.07) is 0.364. The van der Waals surface area contributed by atoms with Crippen LogP contribution in [0.5, 0.6) is 0 Å². The average molecular weight is 239 g/mol. The summed E-state index contributed by atoms with van der Waals surface area (Å²) in [6.07, 6.45) is 4.82. The first-order chi connectivity index (χ1) is 7.74. The Morgan fingerprint density at radius 3 is 3.25 bits per heavy atom. The van der Waals surface area contributed by atoms with Gasteiger partial charge in [0.25, 0.3) is 0 Å². The van der Waals surface area contributed by atoms with Crippen molar-refractivity contribution in [2.45, 2.75) is 18.9 Å². The third kappa shape index (κ3) is 3.35. The largest absolute Gasteiger partial charge is 0.312 e. The molecule has 2 heterocycles. The van der Waals surface area contributed by atoms with Crippen LogP contribution in [0.25, 0.3) is 0 Å². The molecule has 0 aromatic carbocycles. The van der Waals surface area contributed by atoms with Crippen LogP contribution in [0, 0.1) is 0 Å². The number of carbonyl (C=O) groups excluding carboxylic acids is 1. The minimum Gasteiger partial charge on any atom is -0.312 e. The summed E-state index contributed by atoms with van der Waals surface area (Å²) < 4.78 is 1.73. The zero-order valence-corrected chi connectivity index (χ0v) is 10.3. The zero-order chi connectivity index (χ0) is 11.4. The summed E-state index contributed by atoms with van der Waals surface area (Å²) in [5.41, 5.74) is 1.01. The third-order valence-electron chi connectivity index (χ3n) is 2.63. The Labute approximate surface area is 99.8 Å². The molecule has 1 fully saturated rings. The lowest BCUT2D eigenvalue weighted by atomic mass is 10.1. The van der Waals surface area contributed by atoms with Gasteiger partial charge in [-0.25, -0.2) is 0 Å². The van der Waals surface area contributed by atoms with E-state index in [1.807, 2.05) is 25.0 Å². The molecule has 0 bridgehead atoms. The standard InChI is InChI=1S/C11H17N3OS/c1-14-7-9(6-13-14)4-11(15)5-10-8-16-3-2-12-10/h6-7,10,12H,2-5,8H2,1H3. The minimum absolute atomic E-state index is 0.299. The Morgan fingerprint density at radius 1 is 1.75 bits per heavy atom. The molecule has 1 saturated heterocycles. The highest BCUT2D eigenvalue weighted by atomic mass is 32.2. The number of nitrogens with one attached hydrogen (secondary N) is 1. The number of rotatable bonds is 4. The highest BCUT2D eigenvalue weighted by Crippen LogP contribution is 2.11. The van der Waals surface area contributed by atoms with E-state index < -0.39 is 0 Å². The Kier molecular flexibility index (Phi) is 4.01. The van der Waals surface area contributed by atoms with Gasteiger partial charge in [-0.3, -0.25) is 9.48 Å². The van der Waals surface area contributed by atoms with Crippen LogP contribution in [0.15, 0.2) is 12.4 Å². The van der Waals surface area contributed by atoms with E-state index in [2.05, 4.69) is 10.4 Å². The van der Waals surface area contributed by atoms with Crippen LogP contribution in [0.4, 0.5) is 0 Å². The zero-order valence-electron chi connectivity index (χ0n) is 9.48. The van der Waals surface area contributed by atoms with Crippen molar-refractivity contribution in [3.05, 3.63) is 18.0 Å². The van der Waals surface area contributed by atoms with Crippen molar-refractivity contribution in [2.24, 2.45) is 7.05 Å². The molecule has 2 rings (SSSR count). The Morgan fingerprint density at radius 2 is 2.62 bits per heavy atom. The number of thioether (sulfide) groups is 1. The van der Waals surface area contributed by atoms with Gasteiger partial charge in [0.1, 0.15) is 5.78 Å². The summed E-state index contributed by atoms with van der Waals surface area (Å²) in [7, 11) is 1.87. The highest BCUT2D eigenvalue weighted by Gasteiger charge is 2.16. The second-order valence-electron chi connectivity index (χ2n) is 4.17. The van der Waals surface area contributed by atoms with Crippen LogP contribution in [-0.4, -0.2) is 39.7 Å². The third-order valence-corrected chi connectivity index (χ3v) is 3.76. The fourth-order valence-corrected chi connectivity index (χ4v) is 2.84. The Balaban J connectivity index is 1.79. The molecular formula is C11H17N3OS. The van der Waals surface area contributed by atoms with E-state index in [1.54, 1.807) is 10.9 Å². The number of nitrogens with zero attached hydrogens (tertiary/aromatic N) is 2. The monoisotopic (exact) mass is 239 g/mol. The van der Waals surface area contributed by atoms with Gasteiger partial charge in [-0.05, 0) is 5.56 Å². The van der Waals surface area contributed by atoms with E-state index in [0.29, 0.717) is 24.7 Å². The molecular weight excluding hydrogens is 222 g/mol. The Hall–Kier alpha value is -0.810. The van der Waals surface area contributed by atoms with Crippen LogP contribution in [0.1, 0.15) is 12.0 Å². The van der Waals surface area contributed by atoms with Crippen molar-refractivity contribution in [1.82, 2.24) is 15.1 Å². The van der Waals surface area contributed by atoms with Crippen molar-refractivity contribution in [2.75, 3.05) is 18.1 Å². The second-order valence-corrected chi connectivity index (χ2v) is 5.32. The number of aryl methyl sites for hydroxylation is 1. The molecule has 16 heavy (non-hydrogen) atoms. The van der Waals surface area contributed by atoms with Crippen LogP contribution in [0.2, 0.25) is 0 Å². The molecule has 1 aliphatic heterocycles. The van der Waals surface area contributed by atoms with Gasteiger partial charge in [0.15, 0.2) is 0 Å². The molecule has 0 saturated carbocycles. The van der Waals surface area contributed by atoms with E-state index >= 15 is 0 Å². The predicted octanol–water partition coefficient (Wildman–Crippen LogP) is 0.627. The average Bonchev–Trinajstić information content (AvgIpc) is 2.65. The van der Waals surface area contributed by atoms with Crippen molar-refractivity contribution in [3.63, 3.8) is 0 Å². The molecule has 0 amide bonds. The maximum atomic E-state index is 11.8. The van der Waals surface area contributed by atoms with Gasteiger partial charge in [-0.1, -0.05) is 0 Å². The summed E-state index contributed by atoms with van der Waals surface area (Å²) in [4.78, 5) is 11.8. The van der Waals surface area contributed by atoms with Crippen molar-refractivity contribution < 1.29 is 4.79 Å². The molecule has 0 aliphatic carbocycles. The first-order valence-electron chi connectivity index (χ1n) is 5.54. The van der Waals surface area contributed by atoms with Crippen LogP contribution in [-0.2, 0) is 18.3 Å². The predicted molar refractivity (Wildman–Crippen MR) is 65.7 cm³/mol. The minimum atomic E-state index is 0.299. The van der Waals surface area contributed by atoms with E-state index in [4.69, 9.17) is 0 Å². The van der Waals surface area contributed by atoms with Crippen molar-refractivity contribution >= 4 is 17.5 Å². The van der Waals surface area contributed by atoms with E-state index in [0.717, 1.165) is 23.6 Å². The fraction of sp³-hybridized carbons (Fsp3) is 0.636. The molecule has 1 aromatic heterocycles. The summed E-state index contributed by atoms with van der Waals surface area (Å²) in [5, 5.41) is 7.44. The summed E-state index contributed by atoms with van der Waals surface area (Å²) in [6.45, 7) is 1.02. The van der Waals surface area contributed by atoms with Crippen molar-refractivity contribution in [1.29, 1.82) is 0 Å². The molecule has 4 nitrogen and oxygen atoms in total. The van der Waals surface area contributed by atoms with Gasteiger partial charge < -0.3 is 5.32 Å². The number of aromatic nitrogens is 2. The van der Waals surface area contributed by atoms with Crippen LogP contribution >= 0.6 is 11.8 Å². The van der Waals surface area contributed by atoms with Gasteiger partial charge in [0.05, 0.1) is 6.20 Å². The van der Waals surface area contributed by atoms with Gasteiger partial charge in [0.2, 0.25) is 0 Å². The fourth-order valence-electron chi connectivity index (χ4n) is 1.89. The van der Waals surface area contributed by atoms with Crippen LogP contribution < -0.4 is 5.32 Å². The second kappa shape index (κ2) is 5.50. The summed E-state index contributed by atoms with van der Waals surface area (Å²) >= 11 is 1.92. The molecule has 0 spiro atoms. The molecule has 1 aliphatic rings. The molecule has 1 N–H and O–H groups in total. The number of hydrogen-bond donors (Lipinski definition) is 1. The molecule has 0 radical (unpaired) electrons. The molecule has 1 unspecified atom stereocenters. The Bertz CT molecular complexity index is 358. The number of Topliss-reactive ketones (excluding diaryl/α,β-unsaturated/α-hetero) is 1. The lowest BCUT2D eigenvalue weighted by Crippen LogP contribution is -2.39. The lowest BCUT2D eigenvalue weighted by Gasteiger charge is -2.22. The lowest BCUT2D eigenvalue weighted by molar-refractivity contribution is -0.118. The highest BCUT2D eigenvalue weighted by molar-refractivity contribution is 7.99. The summed E-state index contributed by atoms with van der Waals surface area (Å²) in [5.74, 6) is 2.51. The number of hydrogen-bond acceptors (Lipinski definition) is 4. The molecule has 5 heteroatoms. The van der Waals surface area contributed by atoms with E-state index in [9.17, 15) is 4.79 Å². The topological polar surface area (TPSA) is 46.9 Å². The van der Waals surface area contributed by atoms with Crippen LogP contribution in [0.3, 0.4) is 0 Å². The maximum Gasteiger partial charge on any atom is 0.138 e. The number of ketones is 1. The SMILES string of the molecule is Cn1cc(CC(=O)CC2CSCCN2)cn1. The first-order valence-corrected chi connectivity index (χ1v) is 6.70. The normalized spacial score (nSPS) is 20.9. The van der Waals surface area contributed by atoms with Crippen molar-refractivity contribution in [3.8, 4) is 0 Å². The first kappa shape index (κ1) is 11.7. The van der Waals surface area contributed by atoms with Gasteiger partial charge in [-0.15, -0.1) is 0 Å². The van der Waals surface area contributed by atoms with E-state index in [1.165, 1.54) is 0 Å². The molecule has 88 valence electrons. The maximum absolute atomic E-state index is 11.8. The molecule has 1 atom stereocenters. The van der Waals surface area contributed by atoms with Gasteiger partial charge in [-0.2, -0.15) is 16.9 Å². The van der Waals surface area contributed by atoms with E-state index in [-0.39, 0.29) is 0 Å². The van der Waals surface area contributed by atoms with Gasteiger partial charge >= 0.3 is 0 Å². The van der Waals surface area contributed by atoms with Gasteiger partial charge in [0, 0.05) is 50.2 Å². The quantitative estimate of drug-likeness (QED) is 0.837. The molecule has 1 aromatic rings. The smallest absolute Gasteiger partial charge is 0.138 e.